The van der Waals surface area contributed by atoms with Crippen LogP contribution in [0.2, 0.25) is 0 Å². The molecule has 0 amide bonds. The molecule has 0 N–H and O–H groups in total. The molecule has 194 valence electrons. The predicted molar refractivity (Wildman–Crippen MR) is 105 cm³/mol. The molecule has 3 unspecified atom stereocenters. The van der Waals surface area contributed by atoms with Crippen molar-refractivity contribution in [3.05, 3.63) is 0 Å². The van der Waals surface area contributed by atoms with Gasteiger partial charge >= 0.3 is 18.5 Å². The molecule has 0 radical (unpaired) electrons. The van der Waals surface area contributed by atoms with Crippen LogP contribution in [0.5, 0.6) is 0 Å². The van der Waals surface area contributed by atoms with E-state index in [9.17, 15) is 52.7 Å². The van der Waals surface area contributed by atoms with Gasteiger partial charge in [0.05, 0.1) is 5.92 Å². The van der Waals surface area contributed by atoms with E-state index in [0.29, 0.717) is 0 Å². The van der Waals surface area contributed by atoms with Gasteiger partial charge in [0.25, 0.3) is 5.67 Å². The topological polar surface area (TPSA) is 0 Å². The minimum atomic E-state index is -6.22. The van der Waals surface area contributed by atoms with Gasteiger partial charge in [-0.25, -0.2) is 13.2 Å². The van der Waals surface area contributed by atoms with Gasteiger partial charge in [0.15, 0.2) is 0 Å². The van der Waals surface area contributed by atoms with Crippen molar-refractivity contribution in [3.63, 3.8) is 0 Å². The second-order valence-corrected chi connectivity index (χ2v) is 9.54. The smallest absolute Gasteiger partial charge is 0.224 e. The van der Waals surface area contributed by atoms with Crippen LogP contribution in [0.25, 0.3) is 0 Å². The molecule has 13 heteroatoms. The molecule has 0 aliphatic heterocycles. The quantitative estimate of drug-likeness (QED) is 0.0844. The SMILES string of the molecule is CC(CC(C)CC(F)(F)CCCCC(F)(C(F)(F)F)C(F)(F)F)CC(CCI)C(F)(F)F. The van der Waals surface area contributed by atoms with Gasteiger partial charge in [-0.3, -0.25) is 0 Å². The normalized spacial score (nSPS) is 17.3. The Kier molecular flexibility index (Phi) is 12.0. The molecule has 0 fully saturated rings. The van der Waals surface area contributed by atoms with Crippen molar-refractivity contribution in [2.75, 3.05) is 4.43 Å². The molecule has 0 bridgehead atoms. The van der Waals surface area contributed by atoms with Crippen LogP contribution in [0, 0.1) is 17.8 Å². The van der Waals surface area contributed by atoms with Crippen molar-refractivity contribution in [2.24, 2.45) is 17.8 Å². The first-order valence-electron chi connectivity index (χ1n) is 9.99. The number of halogens is 13. The highest BCUT2D eigenvalue weighted by Gasteiger charge is 2.71. The van der Waals surface area contributed by atoms with Crippen LogP contribution >= 0.6 is 22.6 Å². The maximum absolute atomic E-state index is 14.1. The lowest BCUT2D eigenvalue weighted by Gasteiger charge is -2.30. The molecule has 0 aromatic rings. The Morgan fingerprint density at radius 2 is 1.12 bits per heavy atom. The average Bonchev–Trinajstić information content (AvgIpc) is 2.54. The Labute approximate surface area is 193 Å². The molecule has 0 saturated carbocycles. The Morgan fingerprint density at radius 3 is 1.53 bits per heavy atom. The molecular formula is C19H27F12I. The summed E-state index contributed by atoms with van der Waals surface area (Å²) >= 11 is 1.81. The molecule has 0 spiro atoms. The second-order valence-electron chi connectivity index (χ2n) is 8.46. The van der Waals surface area contributed by atoms with Crippen LogP contribution in [-0.4, -0.2) is 34.5 Å². The van der Waals surface area contributed by atoms with Crippen LogP contribution in [-0.2, 0) is 0 Å². The van der Waals surface area contributed by atoms with Gasteiger partial charge < -0.3 is 0 Å². The summed E-state index contributed by atoms with van der Waals surface area (Å²) in [6.07, 6.45) is -22.8. The molecule has 0 aromatic carbocycles. The van der Waals surface area contributed by atoms with E-state index in [1.54, 1.807) is 0 Å². The predicted octanol–water partition coefficient (Wildman–Crippen LogP) is 9.46. The first-order valence-corrected chi connectivity index (χ1v) is 11.5. The van der Waals surface area contributed by atoms with Gasteiger partial charge in [-0.05, 0) is 50.4 Å². The maximum atomic E-state index is 14.1. The molecule has 0 nitrogen and oxygen atoms in total. The van der Waals surface area contributed by atoms with Crippen LogP contribution in [0.1, 0.15) is 65.2 Å². The Morgan fingerprint density at radius 1 is 0.656 bits per heavy atom. The number of rotatable bonds is 13. The molecule has 0 heterocycles. The zero-order valence-electron chi connectivity index (χ0n) is 17.5. The Balaban J connectivity index is 4.69. The van der Waals surface area contributed by atoms with Gasteiger partial charge in [-0.1, -0.05) is 36.4 Å². The molecule has 0 aromatic heterocycles. The molecule has 32 heavy (non-hydrogen) atoms. The third-order valence-corrected chi connectivity index (χ3v) is 5.89. The summed E-state index contributed by atoms with van der Waals surface area (Å²) < 4.78 is 156. The van der Waals surface area contributed by atoms with E-state index in [0.717, 1.165) is 0 Å². The molecular weight excluding hydrogens is 583 g/mol. The van der Waals surface area contributed by atoms with Crippen molar-refractivity contribution in [3.8, 4) is 0 Å². The minimum Gasteiger partial charge on any atom is -0.224 e. The van der Waals surface area contributed by atoms with Gasteiger partial charge in [-0.15, -0.1) is 0 Å². The largest absolute Gasteiger partial charge is 0.431 e. The number of unbranched alkanes of at least 4 members (excludes halogenated alkanes) is 1. The summed E-state index contributed by atoms with van der Waals surface area (Å²) in [7, 11) is 0. The van der Waals surface area contributed by atoms with Crippen molar-refractivity contribution in [2.45, 2.75) is 95.3 Å². The molecule has 0 aliphatic rings. The van der Waals surface area contributed by atoms with Crippen LogP contribution in [0.3, 0.4) is 0 Å². The summed E-state index contributed by atoms with van der Waals surface area (Å²) in [4.78, 5) is 0. The van der Waals surface area contributed by atoms with Gasteiger partial charge in [0.2, 0.25) is 5.92 Å². The maximum Gasteiger partial charge on any atom is 0.431 e. The van der Waals surface area contributed by atoms with E-state index < -0.39 is 80.0 Å². The summed E-state index contributed by atoms with van der Waals surface area (Å²) in [6, 6.07) is 0. The lowest BCUT2D eigenvalue weighted by atomic mass is 9.85. The monoisotopic (exact) mass is 610 g/mol. The van der Waals surface area contributed by atoms with E-state index in [2.05, 4.69) is 0 Å². The van der Waals surface area contributed by atoms with Gasteiger partial charge in [-0.2, -0.15) is 39.5 Å². The highest BCUT2D eigenvalue weighted by Crippen LogP contribution is 2.49. The van der Waals surface area contributed by atoms with Gasteiger partial charge in [0.1, 0.15) is 0 Å². The lowest BCUT2D eigenvalue weighted by molar-refractivity contribution is -0.343. The summed E-state index contributed by atoms with van der Waals surface area (Å²) in [5.41, 5.74) is -5.47. The third-order valence-electron chi connectivity index (χ3n) is 5.27. The van der Waals surface area contributed by atoms with Gasteiger partial charge in [0, 0.05) is 17.3 Å². The third kappa shape index (κ3) is 10.4. The molecule has 3 atom stereocenters. The van der Waals surface area contributed by atoms with Crippen LogP contribution in [0.4, 0.5) is 52.7 Å². The number of alkyl halides is 13. The standard InChI is InChI=1S/C19H27F12I/c1-12(10-14(5-8-32)17(23,24)25)9-13(2)11-15(20,21)6-3-4-7-16(22,18(26,27)28)19(29,30)31/h12-14H,3-11H2,1-2H3. The zero-order valence-corrected chi connectivity index (χ0v) is 19.7. The molecule has 0 rings (SSSR count). The number of hydrogen-bond acceptors (Lipinski definition) is 0. The Hall–Kier alpha value is -0.110. The second kappa shape index (κ2) is 12.0. The minimum absolute atomic E-state index is 0.0547. The first-order chi connectivity index (χ1) is 14.2. The molecule has 0 aliphatic carbocycles. The summed E-state index contributed by atoms with van der Waals surface area (Å²) in [5, 5.41) is 0. The van der Waals surface area contributed by atoms with Crippen molar-refractivity contribution >= 4 is 22.6 Å². The molecule has 0 saturated heterocycles. The lowest BCUT2D eigenvalue weighted by Crippen LogP contribution is -2.53. The zero-order chi connectivity index (χ0) is 25.6. The first kappa shape index (κ1) is 31.9. The van der Waals surface area contributed by atoms with E-state index in [1.165, 1.54) is 13.8 Å². The Bertz CT molecular complexity index is 524. The van der Waals surface area contributed by atoms with Crippen LogP contribution in [0.15, 0.2) is 0 Å². The van der Waals surface area contributed by atoms with E-state index in [4.69, 9.17) is 0 Å². The van der Waals surface area contributed by atoms with E-state index >= 15 is 0 Å². The van der Waals surface area contributed by atoms with Crippen molar-refractivity contribution in [1.29, 1.82) is 0 Å². The highest BCUT2D eigenvalue weighted by molar-refractivity contribution is 14.1. The fourth-order valence-electron chi connectivity index (χ4n) is 3.71. The summed E-state index contributed by atoms with van der Waals surface area (Å²) in [5.74, 6) is -6.23. The summed E-state index contributed by atoms with van der Waals surface area (Å²) in [6.45, 7) is 2.90. The fourth-order valence-corrected chi connectivity index (χ4v) is 4.46. The van der Waals surface area contributed by atoms with E-state index in [-0.39, 0.29) is 23.7 Å². The van der Waals surface area contributed by atoms with Crippen LogP contribution < -0.4 is 0 Å². The van der Waals surface area contributed by atoms with E-state index in [1.807, 2.05) is 22.6 Å². The van der Waals surface area contributed by atoms with Crippen molar-refractivity contribution < 1.29 is 52.7 Å². The average molecular weight is 610 g/mol. The van der Waals surface area contributed by atoms with Crippen molar-refractivity contribution in [1.82, 2.24) is 0 Å². The highest BCUT2D eigenvalue weighted by atomic mass is 127. The number of hydrogen-bond donors (Lipinski definition) is 0. The fraction of sp³-hybridized carbons (Fsp3) is 1.00.